The number of benzene rings is 3. The molecular weight excluding hydrogens is 362 g/mol. The number of rotatable bonds is 7. The first-order chi connectivity index (χ1) is 14.3. The molecule has 4 rings (SSSR count). The van der Waals surface area contributed by atoms with Crippen molar-refractivity contribution < 1.29 is 14.2 Å². The molecule has 4 nitrogen and oxygen atoms in total. The lowest BCUT2D eigenvalue weighted by atomic mass is 9.89. The predicted octanol–water partition coefficient (Wildman–Crippen LogP) is 5.51. The van der Waals surface area contributed by atoms with E-state index in [-0.39, 0.29) is 6.04 Å². The molecule has 1 heterocycles. The molecule has 0 bridgehead atoms. The normalized spacial score (nSPS) is 15.4. The Kier molecular flexibility index (Phi) is 6.01. The first-order valence-corrected chi connectivity index (χ1v) is 10.3. The zero-order chi connectivity index (χ0) is 20.1. The van der Waals surface area contributed by atoms with Crippen LogP contribution in [0.3, 0.4) is 0 Å². The SMILES string of the molecule is CCOc1cc2c(cc1OCC)[C@@H](c1cccc(Oc3ccccc3)c1)NCC2. The molecule has 0 aliphatic carbocycles. The van der Waals surface area contributed by atoms with Crippen molar-refractivity contribution in [3.8, 4) is 23.0 Å². The molecule has 1 N–H and O–H groups in total. The Balaban J connectivity index is 1.67. The van der Waals surface area contributed by atoms with Crippen LogP contribution in [0.2, 0.25) is 0 Å². The smallest absolute Gasteiger partial charge is 0.161 e. The molecule has 3 aromatic rings. The van der Waals surface area contributed by atoms with Gasteiger partial charge in [-0.05, 0) is 73.4 Å². The largest absolute Gasteiger partial charge is 0.490 e. The average Bonchev–Trinajstić information content (AvgIpc) is 2.75. The molecule has 0 fully saturated rings. The molecule has 0 radical (unpaired) electrons. The highest BCUT2D eigenvalue weighted by Gasteiger charge is 2.24. The molecule has 4 heteroatoms. The summed E-state index contributed by atoms with van der Waals surface area (Å²) in [4.78, 5) is 0. The number of hydrogen-bond donors (Lipinski definition) is 1. The summed E-state index contributed by atoms with van der Waals surface area (Å²) in [5.41, 5.74) is 3.71. The van der Waals surface area contributed by atoms with Crippen molar-refractivity contribution in [3.05, 3.63) is 83.4 Å². The summed E-state index contributed by atoms with van der Waals surface area (Å²) in [6, 6.07) is 22.5. The number of fused-ring (bicyclic) bond motifs is 1. The standard InChI is InChI=1S/C25H27NO3/c1-3-27-23-16-18-13-14-26-25(22(18)17-24(23)28-4-2)19-9-8-12-21(15-19)29-20-10-6-5-7-11-20/h5-12,15-17,25-26H,3-4,13-14H2,1-2H3/t25-/m1/s1. The summed E-state index contributed by atoms with van der Waals surface area (Å²) < 4.78 is 17.7. The minimum Gasteiger partial charge on any atom is -0.490 e. The summed E-state index contributed by atoms with van der Waals surface area (Å²) in [5, 5.41) is 3.65. The first kappa shape index (κ1) is 19.3. The van der Waals surface area contributed by atoms with Crippen LogP contribution >= 0.6 is 0 Å². The minimum atomic E-state index is 0.0907. The maximum atomic E-state index is 6.04. The molecule has 1 aliphatic heterocycles. The fourth-order valence-corrected chi connectivity index (χ4v) is 3.78. The van der Waals surface area contributed by atoms with Crippen molar-refractivity contribution in [1.82, 2.24) is 5.32 Å². The van der Waals surface area contributed by atoms with E-state index in [2.05, 4.69) is 29.6 Å². The van der Waals surface area contributed by atoms with Gasteiger partial charge in [0.1, 0.15) is 11.5 Å². The van der Waals surface area contributed by atoms with Crippen LogP contribution in [0.4, 0.5) is 0 Å². The van der Waals surface area contributed by atoms with Crippen molar-refractivity contribution in [2.24, 2.45) is 0 Å². The van der Waals surface area contributed by atoms with Gasteiger partial charge in [-0.15, -0.1) is 0 Å². The van der Waals surface area contributed by atoms with Gasteiger partial charge in [0, 0.05) is 6.54 Å². The van der Waals surface area contributed by atoms with Crippen LogP contribution in [0, 0.1) is 0 Å². The molecule has 1 aliphatic rings. The van der Waals surface area contributed by atoms with Gasteiger partial charge in [-0.2, -0.15) is 0 Å². The van der Waals surface area contributed by atoms with E-state index in [1.54, 1.807) is 0 Å². The Labute approximate surface area is 172 Å². The van der Waals surface area contributed by atoms with Crippen molar-refractivity contribution in [2.75, 3.05) is 19.8 Å². The molecule has 0 amide bonds. The zero-order valence-corrected chi connectivity index (χ0v) is 17.0. The monoisotopic (exact) mass is 389 g/mol. The van der Waals surface area contributed by atoms with Crippen LogP contribution in [0.5, 0.6) is 23.0 Å². The van der Waals surface area contributed by atoms with Gasteiger partial charge in [0.2, 0.25) is 0 Å². The Morgan fingerprint density at radius 3 is 2.31 bits per heavy atom. The molecule has 0 saturated heterocycles. The molecule has 0 unspecified atom stereocenters. The molecule has 150 valence electrons. The second-order valence-corrected chi connectivity index (χ2v) is 6.99. The molecule has 0 saturated carbocycles. The van der Waals surface area contributed by atoms with E-state index in [0.29, 0.717) is 13.2 Å². The minimum absolute atomic E-state index is 0.0907. The van der Waals surface area contributed by atoms with E-state index < -0.39 is 0 Å². The maximum absolute atomic E-state index is 6.04. The fourth-order valence-electron chi connectivity index (χ4n) is 3.78. The van der Waals surface area contributed by atoms with Gasteiger partial charge in [0.25, 0.3) is 0 Å². The van der Waals surface area contributed by atoms with E-state index in [1.807, 2.05) is 56.3 Å². The third kappa shape index (κ3) is 4.38. The average molecular weight is 389 g/mol. The number of hydrogen-bond acceptors (Lipinski definition) is 4. The van der Waals surface area contributed by atoms with Crippen LogP contribution in [0.1, 0.15) is 36.6 Å². The van der Waals surface area contributed by atoms with Gasteiger partial charge in [0.05, 0.1) is 19.3 Å². The van der Waals surface area contributed by atoms with Crippen LogP contribution in [0.25, 0.3) is 0 Å². The fraction of sp³-hybridized carbons (Fsp3) is 0.280. The highest BCUT2D eigenvalue weighted by molar-refractivity contribution is 5.52. The van der Waals surface area contributed by atoms with E-state index in [1.165, 1.54) is 16.7 Å². The molecule has 1 atom stereocenters. The van der Waals surface area contributed by atoms with Crippen LogP contribution in [-0.2, 0) is 6.42 Å². The second-order valence-electron chi connectivity index (χ2n) is 6.99. The summed E-state index contributed by atoms with van der Waals surface area (Å²) in [5.74, 6) is 3.30. The van der Waals surface area contributed by atoms with Crippen molar-refractivity contribution >= 4 is 0 Å². The van der Waals surface area contributed by atoms with Gasteiger partial charge < -0.3 is 19.5 Å². The summed E-state index contributed by atoms with van der Waals surface area (Å²) >= 11 is 0. The Morgan fingerprint density at radius 1 is 0.828 bits per heavy atom. The van der Waals surface area contributed by atoms with Crippen LogP contribution < -0.4 is 19.5 Å². The molecule has 0 aromatic heterocycles. The third-order valence-corrected chi connectivity index (χ3v) is 5.03. The van der Waals surface area contributed by atoms with Gasteiger partial charge >= 0.3 is 0 Å². The summed E-state index contributed by atoms with van der Waals surface area (Å²) in [6.45, 7) is 6.14. The van der Waals surface area contributed by atoms with Crippen LogP contribution in [0.15, 0.2) is 66.7 Å². The van der Waals surface area contributed by atoms with Gasteiger partial charge in [-0.3, -0.25) is 0 Å². The van der Waals surface area contributed by atoms with Crippen molar-refractivity contribution in [3.63, 3.8) is 0 Å². The first-order valence-electron chi connectivity index (χ1n) is 10.3. The van der Waals surface area contributed by atoms with Crippen LogP contribution in [-0.4, -0.2) is 19.8 Å². The summed E-state index contributed by atoms with van der Waals surface area (Å²) in [6.07, 6.45) is 0.971. The highest BCUT2D eigenvalue weighted by atomic mass is 16.5. The van der Waals surface area contributed by atoms with E-state index in [0.717, 1.165) is 36.0 Å². The second kappa shape index (κ2) is 9.01. The molecule has 29 heavy (non-hydrogen) atoms. The lowest BCUT2D eigenvalue weighted by Crippen LogP contribution is -2.30. The van der Waals surface area contributed by atoms with Gasteiger partial charge in [-0.25, -0.2) is 0 Å². The lowest BCUT2D eigenvalue weighted by molar-refractivity contribution is 0.286. The molecule has 3 aromatic carbocycles. The number of para-hydroxylation sites is 1. The highest BCUT2D eigenvalue weighted by Crippen LogP contribution is 2.38. The van der Waals surface area contributed by atoms with E-state index in [9.17, 15) is 0 Å². The van der Waals surface area contributed by atoms with Gasteiger partial charge in [0.15, 0.2) is 11.5 Å². The third-order valence-electron chi connectivity index (χ3n) is 5.03. The molecular formula is C25H27NO3. The Bertz CT molecular complexity index is 956. The Hall–Kier alpha value is -2.98. The molecule has 0 spiro atoms. The quantitative estimate of drug-likeness (QED) is 0.578. The van der Waals surface area contributed by atoms with E-state index >= 15 is 0 Å². The number of ether oxygens (including phenoxy) is 3. The summed E-state index contributed by atoms with van der Waals surface area (Å²) in [7, 11) is 0. The van der Waals surface area contributed by atoms with Crippen molar-refractivity contribution in [2.45, 2.75) is 26.3 Å². The lowest BCUT2D eigenvalue weighted by Gasteiger charge is -2.29. The number of nitrogens with one attached hydrogen (secondary N) is 1. The Morgan fingerprint density at radius 2 is 1.55 bits per heavy atom. The maximum Gasteiger partial charge on any atom is 0.161 e. The van der Waals surface area contributed by atoms with Gasteiger partial charge in [-0.1, -0.05) is 30.3 Å². The topological polar surface area (TPSA) is 39.7 Å². The zero-order valence-electron chi connectivity index (χ0n) is 17.0. The predicted molar refractivity (Wildman–Crippen MR) is 115 cm³/mol. The van der Waals surface area contributed by atoms with E-state index in [4.69, 9.17) is 14.2 Å². The van der Waals surface area contributed by atoms with Crippen molar-refractivity contribution in [1.29, 1.82) is 0 Å².